The van der Waals surface area contributed by atoms with Gasteiger partial charge in [-0.3, -0.25) is 0 Å². The second-order valence-electron chi connectivity index (χ2n) is 3.12. The van der Waals surface area contributed by atoms with Crippen molar-refractivity contribution in [2.75, 3.05) is 5.75 Å². The van der Waals surface area contributed by atoms with Gasteiger partial charge in [-0.2, -0.15) is 12.6 Å². The van der Waals surface area contributed by atoms with Crippen LogP contribution in [0.25, 0.3) is 11.0 Å². The molecule has 0 aliphatic rings. The Balaban J connectivity index is 2.26. The van der Waals surface area contributed by atoms with Gasteiger partial charge in [0.15, 0.2) is 0 Å². The van der Waals surface area contributed by atoms with E-state index in [4.69, 9.17) is 4.42 Å². The van der Waals surface area contributed by atoms with Gasteiger partial charge in [-0.1, -0.05) is 6.07 Å². The van der Waals surface area contributed by atoms with Crippen molar-refractivity contribution in [2.45, 2.75) is 12.8 Å². The second kappa shape index (κ2) is 3.88. The Bertz CT molecular complexity index is 392. The highest BCUT2D eigenvalue weighted by Crippen LogP contribution is 2.17. The SMILES string of the molecule is SCCCc1ccc2occc2c1. The fraction of sp³-hybridized carbons (Fsp3) is 0.273. The lowest BCUT2D eigenvalue weighted by Crippen LogP contribution is -1.85. The molecule has 1 aromatic carbocycles. The maximum Gasteiger partial charge on any atom is 0.133 e. The molecule has 0 atom stereocenters. The molecule has 0 unspecified atom stereocenters. The summed E-state index contributed by atoms with van der Waals surface area (Å²) in [7, 11) is 0. The standard InChI is InChI=1S/C11H12OS/c13-7-1-2-9-3-4-11-10(8-9)5-6-12-11/h3-6,8,13H,1-2,7H2. The first-order valence-electron chi connectivity index (χ1n) is 4.47. The Labute approximate surface area is 83.2 Å². The number of aryl methyl sites for hydroxylation is 1. The molecule has 2 heteroatoms. The van der Waals surface area contributed by atoms with Gasteiger partial charge in [0.2, 0.25) is 0 Å². The molecule has 13 heavy (non-hydrogen) atoms. The predicted octanol–water partition coefficient (Wildman–Crippen LogP) is 3.30. The number of hydrogen-bond donors (Lipinski definition) is 1. The van der Waals surface area contributed by atoms with Crippen LogP contribution in [0, 0.1) is 0 Å². The van der Waals surface area contributed by atoms with Gasteiger partial charge in [-0.15, -0.1) is 0 Å². The highest BCUT2D eigenvalue weighted by atomic mass is 32.1. The number of fused-ring (bicyclic) bond motifs is 1. The third-order valence-electron chi connectivity index (χ3n) is 2.14. The Morgan fingerprint density at radius 1 is 1.23 bits per heavy atom. The fourth-order valence-corrected chi connectivity index (χ4v) is 1.61. The molecule has 0 aliphatic heterocycles. The first-order chi connectivity index (χ1) is 6.40. The number of hydrogen-bond acceptors (Lipinski definition) is 2. The first kappa shape index (κ1) is 8.70. The minimum Gasteiger partial charge on any atom is -0.464 e. The summed E-state index contributed by atoms with van der Waals surface area (Å²) in [6, 6.07) is 8.33. The van der Waals surface area contributed by atoms with Crippen molar-refractivity contribution in [2.24, 2.45) is 0 Å². The topological polar surface area (TPSA) is 13.1 Å². The van der Waals surface area contributed by atoms with Crippen LogP contribution in [0.4, 0.5) is 0 Å². The van der Waals surface area contributed by atoms with Crippen molar-refractivity contribution in [3.8, 4) is 0 Å². The van der Waals surface area contributed by atoms with E-state index in [0.717, 1.165) is 24.2 Å². The average molecular weight is 192 g/mol. The molecular formula is C11H12OS. The van der Waals surface area contributed by atoms with Crippen LogP contribution in [-0.2, 0) is 6.42 Å². The van der Waals surface area contributed by atoms with E-state index in [1.165, 1.54) is 10.9 Å². The van der Waals surface area contributed by atoms with E-state index in [1.54, 1.807) is 6.26 Å². The van der Waals surface area contributed by atoms with Crippen LogP contribution in [0.5, 0.6) is 0 Å². The van der Waals surface area contributed by atoms with Gasteiger partial charge < -0.3 is 4.42 Å². The normalized spacial score (nSPS) is 10.8. The largest absolute Gasteiger partial charge is 0.464 e. The zero-order valence-corrected chi connectivity index (χ0v) is 8.26. The Hall–Kier alpha value is -0.890. The lowest BCUT2D eigenvalue weighted by molar-refractivity contribution is 0.616. The first-order valence-corrected chi connectivity index (χ1v) is 5.10. The molecule has 0 saturated carbocycles. The van der Waals surface area contributed by atoms with E-state index in [9.17, 15) is 0 Å². The quantitative estimate of drug-likeness (QED) is 0.736. The summed E-state index contributed by atoms with van der Waals surface area (Å²) in [5, 5.41) is 1.19. The van der Waals surface area contributed by atoms with Gasteiger partial charge >= 0.3 is 0 Å². The molecule has 0 saturated heterocycles. The maximum atomic E-state index is 5.26. The second-order valence-corrected chi connectivity index (χ2v) is 3.57. The molecule has 0 radical (unpaired) electrons. The summed E-state index contributed by atoms with van der Waals surface area (Å²) in [4.78, 5) is 0. The van der Waals surface area contributed by atoms with Crippen molar-refractivity contribution < 1.29 is 4.42 Å². The lowest BCUT2D eigenvalue weighted by Gasteiger charge is -1.98. The average Bonchev–Trinajstić information content (AvgIpc) is 2.61. The molecular weight excluding hydrogens is 180 g/mol. The third kappa shape index (κ3) is 1.89. The molecule has 0 spiro atoms. The fourth-order valence-electron chi connectivity index (χ4n) is 1.45. The summed E-state index contributed by atoms with van der Waals surface area (Å²) in [6.45, 7) is 0. The highest BCUT2D eigenvalue weighted by molar-refractivity contribution is 7.80. The van der Waals surface area contributed by atoms with E-state index in [1.807, 2.05) is 12.1 Å². The molecule has 68 valence electrons. The van der Waals surface area contributed by atoms with E-state index in [-0.39, 0.29) is 0 Å². The number of thiol groups is 1. The summed E-state index contributed by atoms with van der Waals surface area (Å²) >= 11 is 4.19. The van der Waals surface area contributed by atoms with E-state index in [2.05, 4.69) is 24.8 Å². The zero-order valence-electron chi connectivity index (χ0n) is 7.36. The molecule has 0 N–H and O–H groups in total. The Kier molecular flexibility index (Phi) is 2.60. The summed E-state index contributed by atoms with van der Waals surface area (Å²) < 4.78 is 5.26. The Morgan fingerprint density at radius 2 is 2.15 bits per heavy atom. The van der Waals surface area contributed by atoms with E-state index < -0.39 is 0 Å². The zero-order chi connectivity index (χ0) is 9.10. The molecule has 0 fully saturated rings. The van der Waals surface area contributed by atoms with Crippen molar-refractivity contribution >= 4 is 23.6 Å². The van der Waals surface area contributed by atoms with Crippen molar-refractivity contribution in [1.82, 2.24) is 0 Å². The van der Waals surface area contributed by atoms with E-state index in [0.29, 0.717) is 0 Å². The third-order valence-corrected chi connectivity index (χ3v) is 2.46. The summed E-state index contributed by atoms with van der Waals surface area (Å²) in [5.41, 5.74) is 2.33. The van der Waals surface area contributed by atoms with Crippen LogP contribution in [0.3, 0.4) is 0 Å². The van der Waals surface area contributed by atoms with Crippen LogP contribution in [0.2, 0.25) is 0 Å². The molecule has 1 heterocycles. The lowest BCUT2D eigenvalue weighted by atomic mass is 10.1. The van der Waals surface area contributed by atoms with Gasteiger partial charge in [0.25, 0.3) is 0 Å². The molecule has 1 aromatic heterocycles. The number of benzene rings is 1. The minimum absolute atomic E-state index is 0.948. The number of furan rings is 1. The minimum atomic E-state index is 0.948. The summed E-state index contributed by atoms with van der Waals surface area (Å²) in [6.07, 6.45) is 3.96. The van der Waals surface area contributed by atoms with Crippen LogP contribution >= 0.6 is 12.6 Å². The molecule has 2 rings (SSSR count). The van der Waals surface area contributed by atoms with Crippen LogP contribution in [0.15, 0.2) is 34.9 Å². The molecule has 0 amide bonds. The molecule has 0 bridgehead atoms. The predicted molar refractivity (Wildman–Crippen MR) is 58.4 cm³/mol. The van der Waals surface area contributed by atoms with Gasteiger partial charge in [0.05, 0.1) is 6.26 Å². The molecule has 1 nitrogen and oxygen atoms in total. The monoisotopic (exact) mass is 192 g/mol. The molecule has 0 aliphatic carbocycles. The van der Waals surface area contributed by atoms with Crippen LogP contribution in [-0.4, -0.2) is 5.75 Å². The smallest absolute Gasteiger partial charge is 0.133 e. The van der Waals surface area contributed by atoms with E-state index >= 15 is 0 Å². The highest BCUT2D eigenvalue weighted by Gasteiger charge is 1.97. The van der Waals surface area contributed by atoms with Crippen molar-refractivity contribution in [3.05, 3.63) is 36.1 Å². The van der Waals surface area contributed by atoms with Crippen molar-refractivity contribution in [3.63, 3.8) is 0 Å². The van der Waals surface area contributed by atoms with Gasteiger partial charge in [0, 0.05) is 5.39 Å². The van der Waals surface area contributed by atoms with Crippen LogP contribution < -0.4 is 0 Å². The van der Waals surface area contributed by atoms with Crippen LogP contribution in [0.1, 0.15) is 12.0 Å². The maximum absolute atomic E-state index is 5.26. The Morgan fingerprint density at radius 3 is 3.00 bits per heavy atom. The van der Waals surface area contributed by atoms with Gasteiger partial charge in [-0.25, -0.2) is 0 Å². The van der Waals surface area contributed by atoms with Crippen molar-refractivity contribution in [1.29, 1.82) is 0 Å². The van der Waals surface area contributed by atoms with Gasteiger partial charge in [-0.05, 0) is 42.4 Å². The van der Waals surface area contributed by atoms with Gasteiger partial charge in [0.1, 0.15) is 5.58 Å². The number of rotatable bonds is 3. The summed E-state index contributed by atoms with van der Waals surface area (Å²) in [5.74, 6) is 0.948. The molecule has 2 aromatic rings.